The van der Waals surface area contributed by atoms with E-state index in [0.29, 0.717) is 33.2 Å². The van der Waals surface area contributed by atoms with Crippen LogP contribution in [0.25, 0.3) is 16.9 Å². The molecular formula is C27H24ClF2N3O2. The van der Waals surface area contributed by atoms with Crippen LogP contribution < -0.4 is 10.1 Å². The SMILES string of the molecule is CC(C)Oc1ccc(NC(=O)c2ccc(-c3cc(C(C)(F)F)nn3-c3ccccc3Cl)cc2)cc1. The number of amides is 1. The first-order chi connectivity index (χ1) is 16.6. The predicted octanol–water partition coefficient (Wildman–Crippen LogP) is 7.34. The molecule has 0 atom stereocenters. The number of para-hydroxylation sites is 1. The average Bonchev–Trinajstić information content (AvgIpc) is 3.26. The Morgan fingerprint density at radius 3 is 2.29 bits per heavy atom. The standard InChI is InChI=1S/C27H24ClF2N3O2/c1-17(2)35-21-14-12-20(13-15-21)31-26(34)19-10-8-18(9-11-19)24-16-25(27(3,29)30)32-33(24)23-7-5-4-6-22(23)28/h4-17H,1-3H3,(H,31,34). The highest BCUT2D eigenvalue weighted by molar-refractivity contribution is 6.32. The van der Waals surface area contributed by atoms with Crippen LogP contribution in [0, 0.1) is 0 Å². The summed E-state index contributed by atoms with van der Waals surface area (Å²) in [5.74, 6) is -2.71. The minimum Gasteiger partial charge on any atom is -0.491 e. The minimum atomic E-state index is -3.13. The number of aromatic nitrogens is 2. The van der Waals surface area contributed by atoms with Gasteiger partial charge in [-0.2, -0.15) is 13.9 Å². The zero-order valence-electron chi connectivity index (χ0n) is 19.4. The summed E-state index contributed by atoms with van der Waals surface area (Å²) in [5, 5.41) is 7.34. The predicted molar refractivity (Wildman–Crippen MR) is 134 cm³/mol. The second kappa shape index (κ2) is 9.88. The van der Waals surface area contributed by atoms with E-state index in [9.17, 15) is 13.6 Å². The third-order valence-corrected chi connectivity index (χ3v) is 5.49. The van der Waals surface area contributed by atoms with Gasteiger partial charge in [0.1, 0.15) is 11.4 Å². The van der Waals surface area contributed by atoms with E-state index in [-0.39, 0.29) is 17.7 Å². The monoisotopic (exact) mass is 495 g/mol. The Morgan fingerprint density at radius 1 is 1.03 bits per heavy atom. The van der Waals surface area contributed by atoms with Crippen LogP contribution in [0.5, 0.6) is 5.75 Å². The first-order valence-electron chi connectivity index (χ1n) is 11.0. The Hall–Kier alpha value is -3.71. The van der Waals surface area contributed by atoms with Crippen LogP contribution in [0.4, 0.5) is 14.5 Å². The van der Waals surface area contributed by atoms with Crippen LogP contribution in [-0.2, 0) is 5.92 Å². The number of carbonyl (C=O) groups is 1. The van der Waals surface area contributed by atoms with Crippen LogP contribution >= 0.6 is 11.6 Å². The van der Waals surface area contributed by atoms with E-state index < -0.39 is 5.92 Å². The molecule has 4 rings (SSSR count). The highest BCUT2D eigenvalue weighted by Gasteiger charge is 2.30. The van der Waals surface area contributed by atoms with Crippen molar-refractivity contribution in [2.75, 3.05) is 5.32 Å². The van der Waals surface area contributed by atoms with Crippen molar-refractivity contribution >= 4 is 23.2 Å². The number of hydrogen-bond acceptors (Lipinski definition) is 3. The molecule has 1 amide bonds. The van der Waals surface area contributed by atoms with E-state index in [2.05, 4.69) is 10.4 Å². The molecule has 35 heavy (non-hydrogen) atoms. The fourth-order valence-corrected chi connectivity index (χ4v) is 3.71. The maximum atomic E-state index is 14.1. The van der Waals surface area contributed by atoms with Crippen LogP contribution in [0.3, 0.4) is 0 Å². The van der Waals surface area contributed by atoms with Crippen LogP contribution in [0.2, 0.25) is 5.02 Å². The van der Waals surface area contributed by atoms with Gasteiger partial charge in [0.15, 0.2) is 0 Å². The number of rotatable bonds is 7. The number of halogens is 3. The van der Waals surface area contributed by atoms with Gasteiger partial charge in [0.05, 0.1) is 22.5 Å². The van der Waals surface area contributed by atoms with Crippen molar-refractivity contribution in [3.05, 3.63) is 95.1 Å². The first kappa shape index (κ1) is 24.4. The lowest BCUT2D eigenvalue weighted by molar-refractivity contribution is 0.0124. The fourth-order valence-electron chi connectivity index (χ4n) is 3.49. The zero-order valence-corrected chi connectivity index (χ0v) is 20.2. The molecule has 3 aromatic carbocycles. The molecule has 5 nitrogen and oxygen atoms in total. The lowest BCUT2D eigenvalue weighted by Gasteiger charge is -2.11. The van der Waals surface area contributed by atoms with Crippen molar-refractivity contribution in [3.8, 4) is 22.7 Å². The number of carbonyl (C=O) groups excluding carboxylic acids is 1. The fraction of sp³-hybridized carbons (Fsp3) is 0.185. The molecular weight excluding hydrogens is 472 g/mol. The summed E-state index contributed by atoms with van der Waals surface area (Å²) in [4.78, 5) is 12.7. The Kier molecular flexibility index (Phi) is 6.89. The van der Waals surface area contributed by atoms with Gasteiger partial charge in [0.25, 0.3) is 11.8 Å². The van der Waals surface area contributed by atoms with E-state index >= 15 is 0 Å². The Bertz CT molecular complexity index is 1330. The molecule has 0 fully saturated rings. The molecule has 0 aliphatic heterocycles. The summed E-state index contributed by atoms with van der Waals surface area (Å²) in [6.45, 7) is 4.68. The normalized spacial score (nSPS) is 11.5. The number of anilines is 1. The third kappa shape index (κ3) is 5.69. The summed E-state index contributed by atoms with van der Waals surface area (Å²) >= 11 is 6.31. The lowest BCUT2D eigenvalue weighted by Crippen LogP contribution is -2.12. The maximum Gasteiger partial charge on any atom is 0.288 e. The zero-order chi connectivity index (χ0) is 25.2. The van der Waals surface area contributed by atoms with Gasteiger partial charge in [-0.15, -0.1) is 0 Å². The molecule has 0 saturated carbocycles. The van der Waals surface area contributed by atoms with Gasteiger partial charge in [-0.25, -0.2) is 4.68 Å². The number of ether oxygens (including phenoxy) is 1. The minimum absolute atomic E-state index is 0.0582. The van der Waals surface area contributed by atoms with Gasteiger partial charge < -0.3 is 10.1 Å². The number of benzene rings is 3. The molecule has 0 radical (unpaired) electrons. The van der Waals surface area contributed by atoms with Gasteiger partial charge in [-0.1, -0.05) is 35.9 Å². The summed E-state index contributed by atoms with van der Waals surface area (Å²) in [6, 6.07) is 22.0. The highest BCUT2D eigenvalue weighted by Crippen LogP contribution is 2.33. The summed E-state index contributed by atoms with van der Waals surface area (Å²) in [7, 11) is 0. The lowest BCUT2D eigenvalue weighted by atomic mass is 10.1. The molecule has 0 saturated heterocycles. The highest BCUT2D eigenvalue weighted by atomic mass is 35.5. The number of alkyl halides is 2. The van der Waals surface area contributed by atoms with Gasteiger partial charge in [-0.3, -0.25) is 4.79 Å². The first-order valence-corrected chi connectivity index (χ1v) is 11.4. The molecule has 0 unspecified atom stereocenters. The maximum absolute atomic E-state index is 14.1. The molecule has 0 aliphatic rings. The topological polar surface area (TPSA) is 56.1 Å². The number of nitrogens with zero attached hydrogens (tertiary/aromatic N) is 2. The summed E-state index contributed by atoms with van der Waals surface area (Å²) in [5.41, 5.74) is 2.19. The van der Waals surface area contributed by atoms with E-state index in [1.165, 1.54) is 10.7 Å². The molecule has 1 N–H and O–H groups in total. The van der Waals surface area contributed by atoms with Crippen molar-refractivity contribution in [1.29, 1.82) is 0 Å². The van der Waals surface area contributed by atoms with Crippen molar-refractivity contribution in [2.45, 2.75) is 32.8 Å². The van der Waals surface area contributed by atoms with Crippen molar-refractivity contribution in [2.24, 2.45) is 0 Å². The molecule has 1 heterocycles. The Balaban J connectivity index is 1.59. The van der Waals surface area contributed by atoms with Crippen LogP contribution in [0.15, 0.2) is 78.9 Å². The van der Waals surface area contributed by atoms with Gasteiger partial charge in [-0.05, 0) is 68.4 Å². The molecule has 0 spiro atoms. The van der Waals surface area contributed by atoms with Gasteiger partial charge in [0.2, 0.25) is 0 Å². The Morgan fingerprint density at radius 2 is 1.69 bits per heavy atom. The second-order valence-electron chi connectivity index (χ2n) is 8.39. The van der Waals surface area contributed by atoms with E-state index in [4.69, 9.17) is 16.3 Å². The van der Waals surface area contributed by atoms with Crippen molar-refractivity contribution < 1.29 is 18.3 Å². The summed E-state index contributed by atoms with van der Waals surface area (Å²) in [6.07, 6.45) is 0.0582. The quantitative estimate of drug-likeness (QED) is 0.292. The van der Waals surface area contributed by atoms with E-state index in [0.717, 1.165) is 12.7 Å². The molecule has 0 aliphatic carbocycles. The third-order valence-electron chi connectivity index (χ3n) is 5.17. The molecule has 180 valence electrons. The second-order valence-corrected chi connectivity index (χ2v) is 8.80. The van der Waals surface area contributed by atoms with Gasteiger partial charge >= 0.3 is 0 Å². The molecule has 8 heteroatoms. The van der Waals surface area contributed by atoms with Crippen LogP contribution in [-0.4, -0.2) is 21.8 Å². The van der Waals surface area contributed by atoms with Crippen LogP contribution in [0.1, 0.15) is 36.8 Å². The van der Waals surface area contributed by atoms with Crippen molar-refractivity contribution in [1.82, 2.24) is 9.78 Å². The average molecular weight is 496 g/mol. The molecule has 1 aromatic heterocycles. The molecule has 4 aromatic rings. The van der Waals surface area contributed by atoms with Gasteiger partial charge in [0, 0.05) is 23.7 Å². The molecule has 0 bridgehead atoms. The van der Waals surface area contributed by atoms with E-state index in [1.807, 2.05) is 13.8 Å². The smallest absolute Gasteiger partial charge is 0.288 e. The largest absolute Gasteiger partial charge is 0.491 e. The number of nitrogens with one attached hydrogen (secondary N) is 1. The number of hydrogen-bond donors (Lipinski definition) is 1. The Labute approximate surface area is 207 Å². The summed E-state index contributed by atoms with van der Waals surface area (Å²) < 4.78 is 35.2. The van der Waals surface area contributed by atoms with Crippen molar-refractivity contribution in [3.63, 3.8) is 0 Å². The van der Waals surface area contributed by atoms with E-state index in [1.54, 1.807) is 72.8 Å².